The van der Waals surface area contributed by atoms with E-state index in [1.807, 2.05) is 13.0 Å². The van der Waals surface area contributed by atoms with E-state index in [1.54, 1.807) is 12.1 Å². The van der Waals surface area contributed by atoms with Gasteiger partial charge in [0.2, 0.25) is 5.28 Å². The van der Waals surface area contributed by atoms with E-state index in [9.17, 15) is 0 Å². The van der Waals surface area contributed by atoms with Crippen molar-refractivity contribution >= 4 is 40.6 Å². The molecule has 0 aliphatic rings. The van der Waals surface area contributed by atoms with Crippen LogP contribution in [-0.2, 0) is 0 Å². The molecule has 1 aromatic carbocycles. The third-order valence-corrected chi connectivity index (χ3v) is 3.47. The van der Waals surface area contributed by atoms with Crippen molar-refractivity contribution in [1.82, 2.24) is 9.97 Å². The molecular formula is C13H12Cl3N3O. The number of rotatable bonds is 4. The highest BCUT2D eigenvalue weighted by Gasteiger charge is 2.14. The van der Waals surface area contributed by atoms with Crippen molar-refractivity contribution in [2.24, 2.45) is 0 Å². The SMILES string of the molecule is COc1cnc(Cl)nc1NC(C)c1ccc(Cl)cc1Cl. The zero-order chi connectivity index (χ0) is 14.7. The number of ether oxygens (including phenoxy) is 1. The van der Waals surface area contributed by atoms with Gasteiger partial charge in [-0.2, -0.15) is 4.98 Å². The summed E-state index contributed by atoms with van der Waals surface area (Å²) in [5, 5.41) is 4.50. The molecule has 1 N–H and O–H groups in total. The van der Waals surface area contributed by atoms with Crippen molar-refractivity contribution in [3.8, 4) is 5.75 Å². The van der Waals surface area contributed by atoms with Gasteiger partial charge in [0.25, 0.3) is 0 Å². The molecule has 0 amide bonds. The molecule has 1 heterocycles. The van der Waals surface area contributed by atoms with Gasteiger partial charge < -0.3 is 10.1 Å². The van der Waals surface area contributed by atoms with Gasteiger partial charge in [-0.25, -0.2) is 4.98 Å². The monoisotopic (exact) mass is 331 g/mol. The smallest absolute Gasteiger partial charge is 0.224 e. The van der Waals surface area contributed by atoms with Gasteiger partial charge in [0.1, 0.15) is 0 Å². The van der Waals surface area contributed by atoms with Crippen LogP contribution in [0.4, 0.5) is 5.82 Å². The standard InChI is InChI=1S/C13H12Cl3N3O/c1-7(9-4-3-8(14)5-10(9)15)18-12-11(20-2)6-17-13(16)19-12/h3-7H,1-2H3,(H,17,18,19). The van der Waals surface area contributed by atoms with E-state index >= 15 is 0 Å². The molecule has 0 fully saturated rings. The molecule has 20 heavy (non-hydrogen) atoms. The first-order valence-electron chi connectivity index (χ1n) is 5.79. The zero-order valence-corrected chi connectivity index (χ0v) is 13.1. The number of hydrogen-bond acceptors (Lipinski definition) is 4. The first kappa shape index (κ1) is 15.2. The number of aromatic nitrogens is 2. The zero-order valence-electron chi connectivity index (χ0n) is 10.8. The summed E-state index contributed by atoms with van der Waals surface area (Å²) in [7, 11) is 1.54. The highest BCUT2D eigenvalue weighted by atomic mass is 35.5. The van der Waals surface area contributed by atoms with Crippen molar-refractivity contribution < 1.29 is 4.74 Å². The Labute approximate surface area is 132 Å². The molecule has 1 atom stereocenters. The maximum absolute atomic E-state index is 6.18. The number of nitrogens with one attached hydrogen (secondary N) is 1. The number of methoxy groups -OCH3 is 1. The predicted molar refractivity (Wildman–Crippen MR) is 82.1 cm³/mol. The van der Waals surface area contributed by atoms with Crippen LogP contribution in [0.3, 0.4) is 0 Å². The topological polar surface area (TPSA) is 47.0 Å². The summed E-state index contributed by atoms with van der Waals surface area (Å²) in [6.45, 7) is 1.95. The first-order valence-corrected chi connectivity index (χ1v) is 6.92. The Kier molecular flexibility index (Phi) is 4.91. The van der Waals surface area contributed by atoms with Crippen molar-refractivity contribution in [2.45, 2.75) is 13.0 Å². The van der Waals surface area contributed by atoms with Crippen LogP contribution in [0.15, 0.2) is 24.4 Å². The van der Waals surface area contributed by atoms with Crippen LogP contribution in [0.25, 0.3) is 0 Å². The second kappa shape index (κ2) is 6.48. The Balaban J connectivity index is 2.27. The molecule has 4 nitrogen and oxygen atoms in total. The van der Waals surface area contributed by atoms with Crippen LogP contribution >= 0.6 is 34.8 Å². The Morgan fingerprint density at radius 1 is 1.25 bits per heavy atom. The van der Waals surface area contributed by atoms with E-state index in [2.05, 4.69) is 15.3 Å². The lowest BCUT2D eigenvalue weighted by Gasteiger charge is -2.18. The van der Waals surface area contributed by atoms with Crippen molar-refractivity contribution in [1.29, 1.82) is 0 Å². The van der Waals surface area contributed by atoms with Crippen LogP contribution < -0.4 is 10.1 Å². The minimum Gasteiger partial charge on any atom is -0.491 e. The molecule has 0 bridgehead atoms. The molecule has 2 rings (SSSR count). The maximum atomic E-state index is 6.18. The summed E-state index contributed by atoms with van der Waals surface area (Å²) in [6.07, 6.45) is 1.51. The number of benzene rings is 1. The summed E-state index contributed by atoms with van der Waals surface area (Å²) >= 11 is 17.9. The molecule has 0 spiro atoms. The van der Waals surface area contributed by atoms with Crippen molar-refractivity contribution in [3.05, 3.63) is 45.3 Å². The normalized spacial score (nSPS) is 12.1. The number of anilines is 1. The summed E-state index contributed by atoms with van der Waals surface area (Å²) < 4.78 is 5.19. The Hall–Kier alpha value is -1.23. The van der Waals surface area contributed by atoms with E-state index in [0.717, 1.165) is 5.56 Å². The maximum Gasteiger partial charge on any atom is 0.224 e. The molecule has 2 aromatic rings. The largest absolute Gasteiger partial charge is 0.491 e. The van der Waals surface area contributed by atoms with Gasteiger partial charge in [-0.15, -0.1) is 0 Å². The van der Waals surface area contributed by atoms with Gasteiger partial charge in [-0.3, -0.25) is 0 Å². The molecule has 0 saturated carbocycles. The van der Waals surface area contributed by atoms with Gasteiger partial charge >= 0.3 is 0 Å². The van der Waals surface area contributed by atoms with Crippen LogP contribution in [-0.4, -0.2) is 17.1 Å². The third kappa shape index (κ3) is 3.45. The molecule has 0 aliphatic carbocycles. The summed E-state index contributed by atoms with van der Waals surface area (Å²) in [6, 6.07) is 5.24. The molecule has 106 valence electrons. The molecule has 0 aliphatic heterocycles. The first-order chi connectivity index (χ1) is 9.51. The second-order valence-corrected chi connectivity index (χ2v) is 5.27. The van der Waals surface area contributed by atoms with E-state index in [0.29, 0.717) is 21.6 Å². The average Bonchev–Trinajstić information content (AvgIpc) is 2.38. The molecule has 1 unspecified atom stereocenters. The van der Waals surface area contributed by atoms with E-state index in [-0.39, 0.29) is 11.3 Å². The fraction of sp³-hybridized carbons (Fsp3) is 0.231. The highest BCUT2D eigenvalue weighted by Crippen LogP contribution is 2.30. The fourth-order valence-corrected chi connectivity index (χ4v) is 2.44. The van der Waals surface area contributed by atoms with Crippen LogP contribution in [0, 0.1) is 0 Å². The van der Waals surface area contributed by atoms with Crippen molar-refractivity contribution in [3.63, 3.8) is 0 Å². The van der Waals surface area contributed by atoms with E-state index < -0.39 is 0 Å². The van der Waals surface area contributed by atoms with Gasteiger partial charge in [-0.1, -0.05) is 29.3 Å². The molecule has 7 heteroatoms. The summed E-state index contributed by atoms with van der Waals surface area (Å²) in [5.41, 5.74) is 0.896. The van der Waals surface area contributed by atoms with Gasteiger partial charge in [0, 0.05) is 10.0 Å². The molecule has 0 saturated heterocycles. The van der Waals surface area contributed by atoms with Crippen LogP contribution in [0.5, 0.6) is 5.75 Å². The van der Waals surface area contributed by atoms with Crippen molar-refractivity contribution in [2.75, 3.05) is 12.4 Å². The lowest BCUT2D eigenvalue weighted by atomic mass is 10.1. The van der Waals surface area contributed by atoms with Crippen LogP contribution in [0.2, 0.25) is 15.3 Å². The van der Waals surface area contributed by atoms with Crippen LogP contribution in [0.1, 0.15) is 18.5 Å². The van der Waals surface area contributed by atoms with E-state index in [1.165, 1.54) is 13.3 Å². The van der Waals surface area contributed by atoms with Gasteiger partial charge in [0.05, 0.1) is 19.3 Å². The third-order valence-electron chi connectivity index (χ3n) is 2.73. The number of halogens is 3. The van der Waals surface area contributed by atoms with E-state index in [4.69, 9.17) is 39.5 Å². The van der Waals surface area contributed by atoms with Gasteiger partial charge in [-0.05, 0) is 36.2 Å². The quantitative estimate of drug-likeness (QED) is 0.830. The summed E-state index contributed by atoms with van der Waals surface area (Å²) in [5.74, 6) is 1.01. The lowest BCUT2D eigenvalue weighted by Crippen LogP contribution is -2.10. The minimum atomic E-state index is -0.0976. The number of hydrogen-bond donors (Lipinski definition) is 1. The fourth-order valence-electron chi connectivity index (χ4n) is 1.74. The van der Waals surface area contributed by atoms with Gasteiger partial charge in [0.15, 0.2) is 11.6 Å². The molecular weight excluding hydrogens is 321 g/mol. The Morgan fingerprint density at radius 2 is 2.00 bits per heavy atom. The number of nitrogens with zero attached hydrogens (tertiary/aromatic N) is 2. The average molecular weight is 333 g/mol. The highest BCUT2D eigenvalue weighted by molar-refractivity contribution is 6.35. The lowest BCUT2D eigenvalue weighted by molar-refractivity contribution is 0.412. The molecule has 1 aromatic heterocycles. The second-order valence-electron chi connectivity index (χ2n) is 4.09. The molecule has 0 radical (unpaired) electrons. The summed E-state index contributed by atoms with van der Waals surface area (Å²) in [4.78, 5) is 7.97. The Bertz CT molecular complexity index is 622. The predicted octanol–water partition coefficient (Wildman–Crippen LogP) is 4.62. The Morgan fingerprint density at radius 3 is 2.65 bits per heavy atom. The minimum absolute atomic E-state index is 0.0976.